The number of nitrogens with zero attached hydrogens (tertiary/aromatic N) is 4. The highest BCUT2D eigenvalue weighted by Crippen LogP contribution is 2.34. The molecular weight excluding hydrogens is 1010 g/mol. The minimum Gasteiger partial charge on any atom is -0.278 e. The molecule has 0 fully saturated rings. The number of rotatable bonds is 13. The molecule has 12 aromatic carbocycles. The molecule has 382 valence electrons. The molecule has 0 amide bonds. The standard InChI is InChI=1S/C75H54N4Si2/c1-9-25-55(26-10-1)57-41-45-59(46-42-57)73-76-74(60-47-43-58(44-48-60)56-27-11-2-12-28-56)78-75(77-73)79-71-51-49-67(80(61-29-13-3-14-30-61,62-31-15-4-16-32-62)63-33-17-5-18-34-63)53-69(71)70-54-68(50-52-72(70)79)81(64-35-19-6-20-36-64,65-37-21-7-22-38-65)66-39-23-8-24-40-66/h1-54H. The molecule has 14 rings (SSSR count). The van der Waals surface area contributed by atoms with E-state index in [1.807, 2.05) is 0 Å². The average molecular weight is 1070 g/mol. The first-order chi connectivity index (χ1) is 40.2. The predicted molar refractivity (Wildman–Crippen MR) is 343 cm³/mol. The number of fused-ring (bicyclic) bond motifs is 3. The highest BCUT2D eigenvalue weighted by Gasteiger charge is 2.43. The van der Waals surface area contributed by atoms with Gasteiger partial charge in [0.1, 0.15) is 0 Å². The topological polar surface area (TPSA) is 43.6 Å². The third kappa shape index (κ3) is 8.75. The van der Waals surface area contributed by atoms with Crippen LogP contribution in [0, 0.1) is 0 Å². The maximum absolute atomic E-state index is 5.53. The third-order valence-corrected chi connectivity index (χ3v) is 25.7. The molecule has 0 unspecified atom stereocenters. The van der Waals surface area contributed by atoms with E-state index in [1.165, 1.54) is 41.5 Å². The maximum Gasteiger partial charge on any atom is 0.238 e. The Labute approximate surface area is 474 Å². The van der Waals surface area contributed by atoms with Gasteiger partial charge in [-0.2, -0.15) is 9.97 Å². The van der Waals surface area contributed by atoms with E-state index in [0.29, 0.717) is 17.6 Å². The molecule has 0 bridgehead atoms. The lowest BCUT2D eigenvalue weighted by molar-refractivity contribution is 0.953. The normalized spacial score (nSPS) is 11.7. The van der Waals surface area contributed by atoms with Crippen molar-refractivity contribution in [2.24, 2.45) is 0 Å². The third-order valence-electron chi connectivity index (χ3n) is 16.2. The van der Waals surface area contributed by atoms with E-state index in [9.17, 15) is 0 Å². The summed E-state index contributed by atoms with van der Waals surface area (Å²) in [6, 6.07) is 120. The Balaban J connectivity index is 1.07. The lowest BCUT2D eigenvalue weighted by Gasteiger charge is -2.34. The second-order valence-corrected chi connectivity index (χ2v) is 28.3. The molecule has 0 N–H and O–H groups in total. The number of benzene rings is 12. The second-order valence-electron chi connectivity index (χ2n) is 20.7. The smallest absolute Gasteiger partial charge is 0.238 e. The van der Waals surface area contributed by atoms with E-state index in [1.54, 1.807) is 0 Å². The molecule has 0 aliphatic rings. The molecule has 0 atom stereocenters. The second kappa shape index (κ2) is 21.3. The Bertz CT molecular complexity index is 3970. The molecule has 81 heavy (non-hydrogen) atoms. The Hall–Kier alpha value is -10.1. The summed E-state index contributed by atoms with van der Waals surface area (Å²) >= 11 is 0. The zero-order valence-corrected chi connectivity index (χ0v) is 46.5. The van der Waals surface area contributed by atoms with Crippen LogP contribution < -0.4 is 41.5 Å². The summed E-state index contributed by atoms with van der Waals surface area (Å²) in [6.45, 7) is 0. The van der Waals surface area contributed by atoms with Gasteiger partial charge in [-0.25, -0.2) is 4.98 Å². The van der Waals surface area contributed by atoms with Crippen LogP contribution in [0.15, 0.2) is 328 Å². The molecule has 2 heterocycles. The van der Waals surface area contributed by atoms with E-state index in [0.717, 1.165) is 55.2 Å². The first kappa shape index (κ1) is 49.2. The van der Waals surface area contributed by atoms with Gasteiger partial charge in [0.2, 0.25) is 5.95 Å². The highest BCUT2D eigenvalue weighted by atomic mass is 28.3. The van der Waals surface area contributed by atoms with Crippen molar-refractivity contribution in [3.63, 3.8) is 0 Å². The zero-order chi connectivity index (χ0) is 54.0. The van der Waals surface area contributed by atoms with Gasteiger partial charge in [-0.3, -0.25) is 4.57 Å². The van der Waals surface area contributed by atoms with E-state index >= 15 is 0 Å². The number of hydrogen-bond acceptors (Lipinski definition) is 3. The summed E-state index contributed by atoms with van der Waals surface area (Å²) in [5.74, 6) is 1.74. The molecule has 0 saturated heterocycles. The van der Waals surface area contributed by atoms with Crippen LogP contribution >= 0.6 is 0 Å². The Kier molecular flexibility index (Phi) is 12.9. The zero-order valence-electron chi connectivity index (χ0n) is 44.5. The van der Waals surface area contributed by atoms with Crippen molar-refractivity contribution in [1.29, 1.82) is 0 Å². The Morgan fingerprint density at radius 3 is 0.741 bits per heavy atom. The summed E-state index contributed by atoms with van der Waals surface area (Å²) < 4.78 is 2.29. The first-order valence-electron chi connectivity index (χ1n) is 27.7. The van der Waals surface area contributed by atoms with Crippen molar-refractivity contribution in [2.45, 2.75) is 0 Å². The molecule has 0 aliphatic carbocycles. The minimum atomic E-state index is -2.99. The van der Waals surface area contributed by atoms with E-state index in [-0.39, 0.29) is 0 Å². The average Bonchev–Trinajstić information content (AvgIpc) is 3.44. The molecule has 0 aliphatic heterocycles. The molecule has 6 heteroatoms. The summed E-state index contributed by atoms with van der Waals surface area (Å²) in [6.07, 6.45) is 0. The van der Waals surface area contributed by atoms with Crippen molar-refractivity contribution in [3.8, 4) is 51.0 Å². The van der Waals surface area contributed by atoms with Gasteiger partial charge in [-0.05, 0) is 75.9 Å². The Morgan fingerprint density at radius 2 is 0.457 bits per heavy atom. The van der Waals surface area contributed by atoms with Gasteiger partial charge in [-0.15, -0.1) is 0 Å². The molecule has 2 aromatic heterocycles. The van der Waals surface area contributed by atoms with E-state index in [2.05, 4.69) is 332 Å². The van der Waals surface area contributed by atoms with Crippen LogP contribution in [-0.4, -0.2) is 35.7 Å². The summed E-state index contributed by atoms with van der Waals surface area (Å²) in [5.41, 5.74) is 8.39. The van der Waals surface area contributed by atoms with Gasteiger partial charge in [0.15, 0.2) is 27.8 Å². The van der Waals surface area contributed by atoms with Gasteiger partial charge < -0.3 is 0 Å². The van der Waals surface area contributed by atoms with Gasteiger partial charge in [0, 0.05) is 21.9 Å². The van der Waals surface area contributed by atoms with Gasteiger partial charge in [0.25, 0.3) is 0 Å². The molecule has 0 saturated carbocycles. The fraction of sp³-hybridized carbons (Fsp3) is 0. The monoisotopic (exact) mass is 1070 g/mol. The Morgan fingerprint density at radius 1 is 0.210 bits per heavy atom. The number of aromatic nitrogens is 4. The summed E-state index contributed by atoms with van der Waals surface area (Å²) in [7, 11) is -5.98. The van der Waals surface area contributed by atoms with Crippen LogP contribution in [0.1, 0.15) is 0 Å². The first-order valence-corrected chi connectivity index (χ1v) is 31.7. The molecule has 4 nitrogen and oxygen atoms in total. The van der Waals surface area contributed by atoms with Gasteiger partial charge >= 0.3 is 0 Å². The van der Waals surface area contributed by atoms with E-state index < -0.39 is 16.1 Å². The van der Waals surface area contributed by atoms with Crippen LogP contribution in [0.4, 0.5) is 0 Å². The summed E-state index contributed by atoms with van der Waals surface area (Å²) in [5, 5.41) is 12.7. The van der Waals surface area contributed by atoms with Gasteiger partial charge in [-0.1, -0.05) is 315 Å². The molecular formula is C75H54N4Si2. The van der Waals surface area contributed by atoms with Crippen LogP contribution in [0.25, 0.3) is 72.8 Å². The van der Waals surface area contributed by atoms with Crippen molar-refractivity contribution in [3.05, 3.63) is 328 Å². The van der Waals surface area contributed by atoms with Gasteiger partial charge in [0.05, 0.1) is 11.0 Å². The fourth-order valence-corrected chi connectivity index (χ4v) is 22.0. The van der Waals surface area contributed by atoms with Crippen LogP contribution in [0.5, 0.6) is 0 Å². The molecule has 0 spiro atoms. The molecule has 0 radical (unpaired) electrons. The molecule has 14 aromatic rings. The van der Waals surface area contributed by atoms with Crippen LogP contribution in [-0.2, 0) is 0 Å². The predicted octanol–water partition coefficient (Wildman–Crippen LogP) is 12.4. The lowest BCUT2D eigenvalue weighted by atomic mass is 10.0. The quantitative estimate of drug-likeness (QED) is 0.0854. The largest absolute Gasteiger partial charge is 0.278 e. The summed E-state index contributed by atoms with van der Waals surface area (Å²) in [4.78, 5) is 16.4. The van der Waals surface area contributed by atoms with Crippen molar-refractivity contribution >= 4 is 79.4 Å². The van der Waals surface area contributed by atoms with Crippen molar-refractivity contribution in [2.75, 3.05) is 0 Å². The fourth-order valence-electron chi connectivity index (χ4n) is 12.4. The highest BCUT2D eigenvalue weighted by molar-refractivity contribution is 7.20. The maximum atomic E-state index is 5.53. The SMILES string of the molecule is c1ccc(-c2ccc(-c3nc(-c4ccc(-c5ccccc5)cc4)nc(-n4c5ccc([Si](c6ccccc6)(c6ccccc6)c6ccccc6)cc5c5cc([Si](c6ccccc6)(c6ccccc6)c6ccccc6)ccc54)n3)cc2)cc1. The van der Waals surface area contributed by atoms with Crippen LogP contribution in [0.3, 0.4) is 0 Å². The van der Waals surface area contributed by atoms with E-state index in [4.69, 9.17) is 15.0 Å². The number of hydrogen-bond donors (Lipinski definition) is 0. The van der Waals surface area contributed by atoms with Crippen molar-refractivity contribution in [1.82, 2.24) is 19.5 Å². The minimum absolute atomic E-state index is 0.546. The lowest BCUT2D eigenvalue weighted by Crippen LogP contribution is -2.74. The van der Waals surface area contributed by atoms with Crippen LogP contribution in [0.2, 0.25) is 0 Å². The van der Waals surface area contributed by atoms with Crippen molar-refractivity contribution < 1.29 is 0 Å².